The molecule has 0 bridgehead atoms. The monoisotopic (exact) mass is 378 g/mol. The fourth-order valence-corrected chi connectivity index (χ4v) is 5.23. The molecule has 0 atom stereocenters. The van der Waals surface area contributed by atoms with Gasteiger partial charge in [0.1, 0.15) is 0 Å². The van der Waals surface area contributed by atoms with Crippen LogP contribution in [-0.4, -0.2) is 43.2 Å². The number of carbonyl (C=O) groups is 1. The van der Waals surface area contributed by atoms with Crippen LogP contribution in [-0.2, 0) is 27.8 Å². The Hall–Kier alpha value is -1.70. The number of nitrogens with zero attached hydrogens (tertiary/aromatic N) is 2. The fraction of sp³-hybridized carbons (Fsp3) is 0.389. The summed E-state index contributed by atoms with van der Waals surface area (Å²) in [6.45, 7) is 5.03. The summed E-state index contributed by atoms with van der Waals surface area (Å²) >= 11 is 1.72. The Morgan fingerprint density at radius 2 is 1.96 bits per heavy atom. The number of sulfonamides is 1. The standard InChI is InChI=1S/C18H22N2O3S2/c1-3-20(25(22,23)16-6-4-14(2)5-7-16)13-18(21)19-10-8-17-15(12-19)9-11-24-17/h4-7,9,11H,3,8,10,12-13H2,1-2H3. The lowest BCUT2D eigenvalue weighted by Crippen LogP contribution is -2.44. The number of hydrogen-bond acceptors (Lipinski definition) is 4. The highest BCUT2D eigenvalue weighted by atomic mass is 32.2. The van der Waals surface area contributed by atoms with Crippen LogP contribution in [0.15, 0.2) is 40.6 Å². The zero-order valence-corrected chi connectivity index (χ0v) is 16.1. The largest absolute Gasteiger partial charge is 0.337 e. The van der Waals surface area contributed by atoms with Crippen molar-refractivity contribution in [3.63, 3.8) is 0 Å². The predicted molar refractivity (Wildman–Crippen MR) is 99.1 cm³/mol. The molecule has 1 aliphatic rings. The van der Waals surface area contributed by atoms with E-state index in [1.54, 1.807) is 47.4 Å². The topological polar surface area (TPSA) is 57.7 Å². The molecule has 1 amide bonds. The van der Waals surface area contributed by atoms with Gasteiger partial charge in [0.25, 0.3) is 0 Å². The molecule has 7 heteroatoms. The lowest BCUT2D eigenvalue weighted by molar-refractivity contribution is -0.132. The smallest absolute Gasteiger partial charge is 0.243 e. The van der Waals surface area contributed by atoms with E-state index in [1.807, 2.05) is 18.4 Å². The third kappa shape index (κ3) is 3.78. The average Bonchev–Trinajstić information content (AvgIpc) is 3.07. The Bertz CT molecular complexity index is 857. The van der Waals surface area contributed by atoms with E-state index in [4.69, 9.17) is 0 Å². The van der Waals surface area contributed by atoms with Crippen LogP contribution < -0.4 is 0 Å². The van der Waals surface area contributed by atoms with Crippen LogP contribution in [0.4, 0.5) is 0 Å². The third-order valence-corrected chi connectivity index (χ3v) is 7.44. The van der Waals surface area contributed by atoms with E-state index in [9.17, 15) is 13.2 Å². The maximum absolute atomic E-state index is 12.8. The van der Waals surface area contributed by atoms with Gasteiger partial charge < -0.3 is 4.90 Å². The molecule has 0 N–H and O–H groups in total. The van der Waals surface area contributed by atoms with Gasteiger partial charge in [-0.05, 0) is 42.5 Å². The van der Waals surface area contributed by atoms with E-state index in [0.29, 0.717) is 13.1 Å². The van der Waals surface area contributed by atoms with E-state index < -0.39 is 10.0 Å². The highest BCUT2D eigenvalue weighted by Crippen LogP contribution is 2.24. The summed E-state index contributed by atoms with van der Waals surface area (Å²) in [5.41, 5.74) is 2.17. The maximum Gasteiger partial charge on any atom is 0.243 e. The van der Waals surface area contributed by atoms with Gasteiger partial charge in [0, 0.05) is 24.5 Å². The number of aryl methyl sites for hydroxylation is 1. The van der Waals surface area contributed by atoms with E-state index in [1.165, 1.54) is 14.7 Å². The fourth-order valence-electron chi connectivity index (χ4n) is 2.94. The van der Waals surface area contributed by atoms with Crippen LogP contribution in [0.1, 0.15) is 22.9 Å². The number of likely N-dealkylation sites (N-methyl/N-ethyl adjacent to an activating group) is 1. The van der Waals surface area contributed by atoms with E-state index in [-0.39, 0.29) is 23.9 Å². The van der Waals surface area contributed by atoms with Crippen LogP contribution in [0.25, 0.3) is 0 Å². The van der Waals surface area contributed by atoms with Crippen molar-refractivity contribution in [3.05, 3.63) is 51.7 Å². The molecule has 1 aromatic carbocycles. The molecule has 1 aromatic heterocycles. The molecule has 0 aliphatic carbocycles. The summed E-state index contributed by atoms with van der Waals surface area (Å²) in [6, 6.07) is 8.77. The molecule has 0 saturated carbocycles. The number of hydrogen-bond donors (Lipinski definition) is 0. The zero-order chi connectivity index (χ0) is 18.0. The Morgan fingerprint density at radius 3 is 2.64 bits per heavy atom. The first-order chi connectivity index (χ1) is 11.9. The molecular weight excluding hydrogens is 356 g/mol. The minimum Gasteiger partial charge on any atom is -0.337 e. The molecule has 0 unspecified atom stereocenters. The van der Waals surface area contributed by atoms with Crippen molar-refractivity contribution in [2.75, 3.05) is 19.6 Å². The third-order valence-electron chi connectivity index (χ3n) is 4.48. The Kier molecular flexibility index (Phi) is 5.27. The van der Waals surface area contributed by atoms with Crippen molar-refractivity contribution < 1.29 is 13.2 Å². The molecule has 5 nitrogen and oxygen atoms in total. The summed E-state index contributed by atoms with van der Waals surface area (Å²) in [6.07, 6.45) is 0.843. The van der Waals surface area contributed by atoms with E-state index in [2.05, 4.69) is 0 Å². The lowest BCUT2D eigenvalue weighted by atomic mass is 10.1. The van der Waals surface area contributed by atoms with Crippen molar-refractivity contribution in [1.29, 1.82) is 0 Å². The van der Waals surface area contributed by atoms with E-state index in [0.717, 1.165) is 12.0 Å². The Labute approximate surface area is 152 Å². The average molecular weight is 379 g/mol. The van der Waals surface area contributed by atoms with Crippen LogP contribution in [0.5, 0.6) is 0 Å². The summed E-state index contributed by atoms with van der Waals surface area (Å²) < 4.78 is 26.9. The normalized spacial score (nSPS) is 14.6. The Balaban J connectivity index is 1.73. The highest BCUT2D eigenvalue weighted by Gasteiger charge is 2.28. The quantitative estimate of drug-likeness (QED) is 0.804. The molecule has 0 spiro atoms. The summed E-state index contributed by atoms with van der Waals surface area (Å²) in [4.78, 5) is 16.0. The van der Waals surface area contributed by atoms with Crippen molar-refractivity contribution >= 4 is 27.3 Å². The van der Waals surface area contributed by atoms with Gasteiger partial charge in [-0.3, -0.25) is 4.79 Å². The van der Waals surface area contributed by atoms with Crippen molar-refractivity contribution in [3.8, 4) is 0 Å². The number of fused-ring (bicyclic) bond motifs is 1. The first-order valence-electron chi connectivity index (χ1n) is 8.31. The first kappa shape index (κ1) is 18.1. The minimum absolute atomic E-state index is 0.119. The van der Waals surface area contributed by atoms with Gasteiger partial charge in [-0.25, -0.2) is 8.42 Å². The lowest BCUT2D eigenvalue weighted by Gasteiger charge is -2.29. The van der Waals surface area contributed by atoms with Gasteiger partial charge in [-0.15, -0.1) is 11.3 Å². The van der Waals surface area contributed by atoms with E-state index >= 15 is 0 Å². The summed E-state index contributed by atoms with van der Waals surface area (Å²) in [7, 11) is -3.66. The molecule has 134 valence electrons. The molecule has 25 heavy (non-hydrogen) atoms. The summed E-state index contributed by atoms with van der Waals surface area (Å²) in [5, 5.41) is 2.04. The van der Waals surface area contributed by atoms with Crippen LogP contribution in [0, 0.1) is 6.92 Å². The molecule has 2 heterocycles. The molecule has 0 fully saturated rings. The minimum atomic E-state index is -3.66. The second-order valence-electron chi connectivity index (χ2n) is 6.18. The second kappa shape index (κ2) is 7.27. The first-order valence-corrected chi connectivity index (χ1v) is 10.6. The Morgan fingerprint density at radius 1 is 1.24 bits per heavy atom. The SMILES string of the molecule is CCN(CC(=O)N1CCc2sccc2C1)S(=O)(=O)c1ccc(C)cc1. The molecule has 3 rings (SSSR count). The van der Waals surface area contributed by atoms with Gasteiger partial charge in [-0.1, -0.05) is 24.6 Å². The van der Waals surface area contributed by atoms with Gasteiger partial charge in [0.2, 0.25) is 15.9 Å². The van der Waals surface area contributed by atoms with Crippen molar-refractivity contribution in [2.24, 2.45) is 0 Å². The van der Waals surface area contributed by atoms with Gasteiger partial charge in [-0.2, -0.15) is 4.31 Å². The zero-order valence-electron chi connectivity index (χ0n) is 14.4. The second-order valence-corrected chi connectivity index (χ2v) is 9.12. The van der Waals surface area contributed by atoms with Gasteiger partial charge >= 0.3 is 0 Å². The number of carbonyl (C=O) groups excluding carboxylic acids is 1. The summed E-state index contributed by atoms with van der Waals surface area (Å²) in [5.74, 6) is -0.144. The van der Waals surface area contributed by atoms with Crippen LogP contribution >= 0.6 is 11.3 Å². The van der Waals surface area contributed by atoms with Gasteiger partial charge in [0.05, 0.1) is 11.4 Å². The van der Waals surface area contributed by atoms with Crippen molar-refractivity contribution in [2.45, 2.75) is 31.7 Å². The number of amides is 1. The highest BCUT2D eigenvalue weighted by molar-refractivity contribution is 7.89. The molecule has 2 aromatic rings. The maximum atomic E-state index is 12.8. The number of benzene rings is 1. The van der Waals surface area contributed by atoms with Crippen LogP contribution in [0.2, 0.25) is 0 Å². The van der Waals surface area contributed by atoms with Crippen LogP contribution in [0.3, 0.4) is 0 Å². The number of rotatable bonds is 5. The van der Waals surface area contributed by atoms with Crippen molar-refractivity contribution in [1.82, 2.24) is 9.21 Å². The molecule has 0 saturated heterocycles. The molecule has 0 radical (unpaired) electrons. The molecular formula is C18H22N2O3S2. The molecule has 1 aliphatic heterocycles. The van der Waals surface area contributed by atoms with Gasteiger partial charge in [0.15, 0.2) is 0 Å². The predicted octanol–water partition coefficient (Wildman–Crippen LogP) is 2.65. The number of thiophene rings is 1.